The molecule has 0 unspecified atom stereocenters. The van der Waals surface area contributed by atoms with Crippen molar-refractivity contribution in [1.82, 2.24) is 9.88 Å². The minimum absolute atomic E-state index is 0.245. The van der Waals surface area contributed by atoms with Gasteiger partial charge in [0.2, 0.25) is 11.6 Å². The maximum atomic E-state index is 13.7. The van der Waals surface area contributed by atoms with Crippen LogP contribution in [0.5, 0.6) is 0 Å². The molecule has 120 valence electrons. The van der Waals surface area contributed by atoms with Gasteiger partial charge in [0.05, 0.1) is 0 Å². The molecule has 3 nitrogen and oxygen atoms in total. The van der Waals surface area contributed by atoms with Crippen molar-refractivity contribution in [2.24, 2.45) is 0 Å². The predicted molar refractivity (Wildman–Crippen MR) is 74.4 cm³/mol. The van der Waals surface area contributed by atoms with Crippen LogP contribution in [-0.4, -0.2) is 42.6 Å². The van der Waals surface area contributed by atoms with E-state index in [1.807, 2.05) is 13.8 Å². The van der Waals surface area contributed by atoms with E-state index in [1.165, 1.54) is 4.90 Å². The van der Waals surface area contributed by atoms with Gasteiger partial charge in [0.25, 0.3) is 11.9 Å². The molecule has 0 atom stereocenters. The fourth-order valence-corrected chi connectivity index (χ4v) is 2.21. The summed E-state index contributed by atoms with van der Waals surface area (Å²) >= 11 is 0. The zero-order valence-corrected chi connectivity index (χ0v) is 12.6. The lowest BCUT2D eigenvalue weighted by Crippen LogP contribution is -2.31. The summed E-state index contributed by atoms with van der Waals surface area (Å²) < 4.78 is 53.7. The van der Waals surface area contributed by atoms with E-state index in [9.17, 15) is 17.6 Å². The summed E-state index contributed by atoms with van der Waals surface area (Å²) in [5.41, 5.74) is -0.679. The summed E-state index contributed by atoms with van der Waals surface area (Å²) in [4.78, 5) is 6.02. The summed E-state index contributed by atoms with van der Waals surface area (Å²) in [6.07, 6.45) is 0.639. The van der Waals surface area contributed by atoms with E-state index >= 15 is 0 Å². The van der Waals surface area contributed by atoms with Gasteiger partial charge in [0, 0.05) is 13.1 Å². The van der Waals surface area contributed by atoms with Gasteiger partial charge >= 0.3 is 0 Å². The van der Waals surface area contributed by atoms with Crippen LogP contribution < -0.4 is 4.90 Å². The molecule has 0 aromatic carbocycles. The Kier molecular flexibility index (Phi) is 6.87. The third-order valence-corrected chi connectivity index (χ3v) is 3.47. The van der Waals surface area contributed by atoms with Crippen LogP contribution in [0.1, 0.15) is 27.2 Å². The van der Waals surface area contributed by atoms with Gasteiger partial charge < -0.3 is 9.80 Å². The van der Waals surface area contributed by atoms with E-state index in [4.69, 9.17) is 0 Å². The van der Waals surface area contributed by atoms with Crippen LogP contribution in [0.4, 0.5) is 23.2 Å². The molecule has 1 heterocycles. The molecule has 0 fully saturated rings. The average molecular weight is 307 g/mol. The third-order valence-electron chi connectivity index (χ3n) is 3.47. The zero-order valence-electron chi connectivity index (χ0n) is 12.6. The van der Waals surface area contributed by atoms with Crippen LogP contribution >= 0.6 is 0 Å². The molecule has 0 N–H and O–H groups in total. The van der Waals surface area contributed by atoms with Crippen LogP contribution in [0, 0.1) is 23.5 Å². The fourth-order valence-electron chi connectivity index (χ4n) is 2.21. The molecule has 21 heavy (non-hydrogen) atoms. The number of hydrogen-bond donors (Lipinski definition) is 0. The quantitative estimate of drug-likeness (QED) is 0.543. The summed E-state index contributed by atoms with van der Waals surface area (Å²) in [6.45, 7) is 8.78. The van der Waals surface area contributed by atoms with Gasteiger partial charge in [-0.05, 0) is 33.0 Å². The van der Waals surface area contributed by atoms with Crippen molar-refractivity contribution in [3.8, 4) is 0 Å². The molecule has 1 aromatic rings. The smallest absolute Gasteiger partial charge is 0.253 e. The summed E-state index contributed by atoms with van der Waals surface area (Å²) in [5.74, 6) is -6.13. The molecule has 0 bridgehead atoms. The maximum Gasteiger partial charge on any atom is 0.253 e. The van der Waals surface area contributed by atoms with Gasteiger partial charge in [-0.1, -0.05) is 13.8 Å². The molecule has 0 saturated heterocycles. The second-order valence-electron chi connectivity index (χ2n) is 4.63. The van der Waals surface area contributed by atoms with E-state index < -0.39 is 29.2 Å². The summed E-state index contributed by atoms with van der Waals surface area (Å²) in [7, 11) is 0. The first-order valence-corrected chi connectivity index (χ1v) is 7.13. The third kappa shape index (κ3) is 4.30. The lowest BCUT2D eigenvalue weighted by atomic mass is 10.2. The Morgan fingerprint density at radius 2 is 1.33 bits per heavy atom. The van der Waals surface area contributed by atoms with Gasteiger partial charge in [-0.2, -0.15) is 22.5 Å². The van der Waals surface area contributed by atoms with Crippen molar-refractivity contribution in [2.45, 2.75) is 27.2 Å². The number of rotatable bonds is 8. The van der Waals surface area contributed by atoms with Crippen molar-refractivity contribution in [2.75, 3.05) is 37.6 Å². The highest BCUT2D eigenvalue weighted by molar-refractivity contribution is 5.48. The van der Waals surface area contributed by atoms with Gasteiger partial charge in [0.1, 0.15) is 5.69 Å². The van der Waals surface area contributed by atoms with E-state index in [0.29, 0.717) is 13.0 Å². The van der Waals surface area contributed by atoms with Gasteiger partial charge in [0.15, 0.2) is 0 Å². The lowest BCUT2D eigenvalue weighted by Gasteiger charge is -2.26. The van der Waals surface area contributed by atoms with Crippen LogP contribution in [-0.2, 0) is 0 Å². The van der Waals surface area contributed by atoms with Gasteiger partial charge in [-0.15, -0.1) is 0 Å². The zero-order chi connectivity index (χ0) is 16.0. The number of nitrogens with zero attached hydrogens (tertiary/aromatic N) is 3. The molecule has 0 saturated carbocycles. The van der Waals surface area contributed by atoms with Crippen LogP contribution in [0.3, 0.4) is 0 Å². The number of aromatic nitrogens is 1. The Morgan fingerprint density at radius 3 is 1.76 bits per heavy atom. The Balaban J connectivity index is 2.86. The van der Waals surface area contributed by atoms with E-state index in [0.717, 1.165) is 19.6 Å². The molecule has 0 spiro atoms. The standard InChI is InChI=1S/C14H21F4N3/c1-4-20(5-2)8-7-9-21(6-3)12-10(15)13(17)19-14(18)11(12)16/h4-9H2,1-3H3. The van der Waals surface area contributed by atoms with Crippen LogP contribution in [0.25, 0.3) is 0 Å². The molecule has 0 amide bonds. The SMILES string of the molecule is CCN(CC)CCCN(CC)c1c(F)c(F)nc(F)c1F. The maximum absolute atomic E-state index is 13.7. The fraction of sp³-hybridized carbons (Fsp3) is 0.643. The summed E-state index contributed by atoms with van der Waals surface area (Å²) in [5, 5.41) is 0. The highest BCUT2D eigenvalue weighted by Crippen LogP contribution is 2.26. The van der Waals surface area contributed by atoms with Gasteiger partial charge in [-0.3, -0.25) is 0 Å². The largest absolute Gasteiger partial charge is 0.367 e. The molecular weight excluding hydrogens is 286 g/mol. The van der Waals surface area contributed by atoms with Crippen LogP contribution in [0.2, 0.25) is 0 Å². The number of halogens is 4. The van der Waals surface area contributed by atoms with Crippen molar-refractivity contribution in [1.29, 1.82) is 0 Å². The van der Waals surface area contributed by atoms with E-state index in [-0.39, 0.29) is 6.54 Å². The Morgan fingerprint density at radius 1 is 0.810 bits per heavy atom. The Bertz CT molecular complexity index is 438. The molecule has 0 aliphatic rings. The number of anilines is 1. The van der Waals surface area contributed by atoms with E-state index in [2.05, 4.69) is 9.88 Å². The number of pyridine rings is 1. The first-order chi connectivity index (χ1) is 9.96. The Hall–Kier alpha value is -1.37. The summed E-state index contributed by atoms with van der Waals surface area (Å²) in [6, 6.07) is 0. The van der Waals surface area contributed by atoms with Crippen molar-refractivity contribution in [3.05, 3.63) is 23.5 Å². The monoisotopic (exact) mass is 307 g/mol. The highest BCUT2D eigenvalue weighted by Gasteiger charge is 2.24. The van der Waals surface area contributed by atoms with Crippen molar-refractivity contribution < 1.29 is 17.6 Å². The topological polar surface area (TPSA) is 19.4 Å². The molecule has 0 aliphatic heterocycles. The second-order valence-corrected chi connectivity index (χ2v) is 4.63. The van der Waals surface area contributed by atoms with E-state index in [1.54, 1.807) is 6.92 Å². The highest BCUT2D eigenvalue weighted by atomic mass is 19.2. The van der Waals surface area contributed by atoms with Crippen LogP contribution in [0.15, 0.2) is 0 Å². The Labute approximate surface area is 122 Å². The first kappa shape index (κ1) is 17.7. The normalized spacial score (nSPS) is 11.2. The minimum Gasteiger partial charge on any atom is -0.367 e. The predicted octanol–water partition coefficient (Wildman–Crippen LogP) is 3.20. The molecular formula is C14H21F4N3. The second kappa shape index (κ2) is 8.17. The average Bonchev–Trinajstić information content (AvgIpc) is 2.47. The lowest BCUT2D eigenvalue weighted by molar-refractivity contribution is 0.300. The first-order valence-electron chi connectivity index (χ1n) is 7.13. The molecule has 1 rings (SSSR count). The molecule has 1 aromatic heterocycles. The molecule has 0 aliphatic carbocycles. The van der Waals surface area contributed by atoms with Crippen molar-refractivity contribution in [3.63, 3.8) is 0 Å². The van der Waals surface area contributed by atoms with Gasteiger partial charge in [-0.25, -0.2) is 0 Å². The number of hydrogen-bond acceptors (Lipinski definition) is 3. The molecule has 0 radical (unpaired) electrons. The van der Waals surface area contributed by atoms with Crippen molar-refractivity contribution >= 4 is 5.69 Å². The minimum atomic E-state index is -1.62. The molecule has 7 heteroatoms.